The molecule has 10 heteroatoms. The molecule has 1 atom stereocenters. The number of likely N-dealkylation sites (N-methyl/N-ethyl adjacent to an activating group) is 2. The van der Waals surface area contributed by atoms with Crippen molar-refractivity contribution in [2.75, 3.05) is 46.2 Å². The van der Waals surface area contributed by atoms with E-state index < -0.39 is 0 Å². The molecule has 4 aromatic heterocycles. The molecule has 4 heterocycles. The molecule has 0 aromatic carbocycles. The van der Waals surface area contributed by atoms with Crippen LogP contribution in [0.4, 0.5) is 11.5 Å². The number of thiophene rings is 1. The van der Waals surface area contributed by atoms with E-state index in [2.05, 4.69) is 32.2 Å². The van der Waals surface area contributed by atoms with Crippen molar-refractivity contribution in [3.8, 4) is 5.75 Å². The van der Waals surface area contributed by atoms with Crippen LogP contribution < -0.4 is 10.1 Å². The fraction of sp³-hybridized carbons (Fsp3) is 0.440. The standard InChI is InChI=1S/C25H31N7O2S/c1-5-31(11-10-30(2)3)25(33)16-6-7-18-21(12-16)35-24-22(18)23(26-15-27-24)29-19-13-17-8-9-28-32(17)14-20(19)34-4/h8-9,13-16H,5-7,10-12H2,1-4H3,(H,26,27,29). The highest BCUT2D eigenvalue weighted by molar-refractivity contribution is 7.19. The predicted molar refractivity (Wildman–Crippen MR) is 139 cm³/mol. The summed E-state index contributed by atoms with van der Waals surface area (Å²) in [6.07, 6.45) is 7.66. The van der Waals surface area contributed by atoms with Crippen LogP contribution in [0.5, 0.6) is 5.75 Å². The molecule has 0 spiro atoms. The lowest BCUT2D eigenvalue weighted by Gasteiger charge is -2.29. The largest absolute Gasteiger partial charge is 0.493 e. The van der Waals surface area contributed by atoms with Crippen molar-refractivity contribution < 1.29 is 9.53 Å². The van der Waals surface area contributed by atoms with Crippen molar-refractivity contribution in [2.45, 2.75) is 26.2 Å². The molecule has 0 bridgehead atoms. The topological polar surface area (TPSA) is 87.9 Å². The molecule has 4 aromatic rings. The maximum absolute atomic E-state index is 13.3. The monoisotopic (exact) mass is 493 g/mol. The van der Waals surface area contributed by atoms with E-state index in [1.807, 2.05) is 37.3 Å². The van der Waals surface area contributed by atoms with Gasteiger partial charge in [0, 0.05) is 36.6 Å². The minimum atomic E-state index is 0.0198. The normalized spacial score (nSPS) is 15.5. The van der Waals surface area contributed by atoms with Crippen molar-refractivity contribution in [1.29, 1.82) is 0 Å². The molecule has 1 amide bonds. The van der Waals surface area contributed by atoms with E-state index in [1.54, 1.807) is 35.5 Å². The van der Waals surface area contributed by atoms with Crippen molar-refractivity contribution in [3.63, 3.8) is 0 Å². The van der Waals surface area contributed by atoms with Crippen molar-refractivity contribution in [1.82, 2.24) is 29.4 Å². The first-order valence-corrected chi connectivity index (χ1v) is 12.8. The third-order valence-corrected chi connectivity index (χ3v) is 7.84. The number of carbonyl (C=O) groups excluding carboxylic acids is 1. The summed E-state index contributed by atoms with van der Waals surface area (Å²) in [6.45, 7) is 4.44. The van der Waals surface area contributed by atoms with Crippen LogP contribution in [0.1, 0.15) is 23.8 Å². The van der Waals surface area contributed by atoms with Gasteiger partial charge in [-0.1, -0.05) is 0 Å². The number of nitrogens with one attached hydrogen (secondary N) is 1. The zero-order valence-electron chi connectivity index (χ0n) is 20.6. The highest BCUT2D eigenvalue weighted by Crippen LogP contribution is 2.41. The van der Waals surface area contributed by atoms with Gasteiger partial charge in [0.2, 0.25) is 5.91 Å². The number of anilines is 2. The number of pyridine rings is 1. The molecule has 5 rings (SSSR count). The molecule has 0 saturated carbocycles. The van der Waals surface area contributed by atoms with Crippen molar-refractivity contribution >= 4 is 44.5 Å². The van der Waals surface area contributed by atoms with E-state index in [-0.39, 0.29) is 11.8 Å². The molecular weight excluding hydrogens is 462 g/mol. The Balaban J connectivity index is 1.43. The van der Waals surface area contributed by atoms with E-state index in [4.69, 9.17) is 4.74 Å². The first kappa shape index (κ1) is 23.5. The molecule has 9 nitrogen and oxygen atoms in total. The van der Waals surface area contributed by atoms with Crippen LogP contribution in [0.25, 0.3) is 15.7 Å². The Bertz CT molecular complexity index is 1360. The van der Waals surface area contributed by atoms with Crippen LogP contribution in [-0.4, -0.2) is 76.1 Å². The van der Waals surface area contributed by atoms with E-state index in [1.165, 1.54) is 10.4 Å². The van der Waals surface area contributed by atoms with Gasteiger partial charge in [0.15, 0.2) is 5.75 Å². The summed E-state index contributed by atoms with van der Waals surface area (Å²) in [5.41, 5.74) is 3.05. The number of rotatable bonds is 8. The number of nitrogens with zero attached hydrogens (tertiary/aromatic N) is 6. The lowest BCUT2D eigenvalue weighted by Crippen LogP contribution is -2.41. The van der Waals surface area contributed by atoms with Crippen molar-refractivity contribution in [2.24, 2.45) is 5.92 Å². The Labute approximate surface area is 208 Å². The molecular formula is C25H31N7O2S. The van der Waals surface area contributed by atoms with Crippen molar-refractivity contribution in [3.05, 3.63) is 41.3 Å². The smallest absolute Gasteiger partial charge is 0.226 e. The van der Waals surface area contributed by atoms with E-state index in [0.717, 1.165) is 66.1 Å². The Hall–Kier alpha value is -3.24. The summed E-state index contributed by atoms with van der Waals surface area (Å²) < 4.78 is 7.38. The molecule has 0 aliphatic heterocycles. The maximum atomic E-state index is 13.3. The number of fused-ring (bicyclic) bond motifs is 4. The number of ether oxygens (including phenoxy) is 1. The summed E-state index contributed by atoms with van der Waals surface area (Å²) in [5, 5.41) is 8.82. The van der Waals surface area contributed by atoms with Gasteiger partial charge in [-0.3, -0.25) is 4.79 Å². The van der Waals surface area contributed by atoms with Gasteiger partial charge in [-0.15, -0.1) is 11.3 Å². The second-order valence-corrected chi connectivity index (χ2v) is 10.2. The van der Waals surface area contributed by atoms with Crippen LogP contribution in [0.3, 0.4) is 0 Å². The van der Waals surface area contributed by atoms with Gasteiger partial charge in [-0.2, -0.15) is 5.10 Å². The third-order valence-electron chi connectivity index (χ3n) is 6.68. The molecule has 1 unspecified atom stereocenters. The molecule has 1 aliphatic rings. The fourth-order valence-electron chi connectivity index (χ4n) is 4.75. The quantitative estimate of drug-likeness (QED) is 0.401. The SMILES string of the molecule is CCN(CCN(C)C)C(=O)C1CCc2c(sc3ncnc(Nc4cc5ccnn5cc4OC)c23)C1. The molecule has 184 valence electrons. The number of hydrogen-bond acceptors (Lipinski definition) is 8. The summed E-state index contributed by atoms with van der Waals surface area (Å²) in [6, 6.07) is 3.95. The molecule has 0 saturated heterocycles. The van der Waals surface area contributed by atoms with E-state index in [0.29, 0.717) is 5.75 Å². The average Bonchev–Trinajstić information content (AvgIpc) is 3.47. The molecule has 1 N–H and O–H groups in total. The second kappa shape index (κ2) is 9.79. The zero-order valence-corrected chi connectivity index (χ0v) is 21.4. The highest BCUT2D eigenvalue weighted by atomic mass is 32.1. The number of methoxy groups -OCH3 is 1. The van der Waals surface area contributed by atoms with Crippen LogP contribution in [0, 0.1) is 5.92 Å². The minimum absolute atomic E-state index is 0.0198. The maximum Gasteiger partial charge on any atom is 0.226 e. The first-order valence-electron chi connectivity index (χ1n) is 12.0. The van der Waals surface area contributed by atoms with Gasteiger partial charge >= 0.3 is 0 Å². The first-order chi connectivity index (χ1) is 17.0. The van der Waals surface area contributed by atoms with Gasteiger partial charge in [0.25, 0.3) is 0 Å². The molecule has 35 heavy (non-hydrogen) atoms. The Kier molecular flexibility index (Phi) is 6.57. The van der Waals surface area contributed by atoms with Gasteiger partial charge in [0.1, 0.15) is 17.0 Å². The molecule has 0 radical (unpaired) electrons. The summed E-state index contributed by atoms with van der Waals surface area (Å²) >= 11 is 1.68. The average molecular weight is 494 g/mol. The summed E-state index contributed by atoms with van der Waals surface area (Å²) in [4.78, 5) is 28.7. The number of aryl methyl sites for hydroxylation is 1. The van der Waals surface area contributed by atoms with Crippen LogP contribution in [0.2, 0.25) is 0 Å². The van der Waals surface area contributed by atoms with Crippen LogP contribution in [-0.2, 0) is 17.6 Å². The number of amides is 1. The fourth-order valence-corrected chi connectivity index (χ4v) is 6.02. The van der Waals surface area contributed by atoms with Crippen LogP contribution in [0.15, 0.2) is 30.9 Å². The number of hydrogen-bond donors (Lipinski definition) is 1. The molecule has 1 aliphatic carbocycles. The highest BCUT2D eigenvalue weighted by Gasteiger charge is 2.31. The van der Waals surface area contributed by atoms with Gasteiger partial charge in [-0.05, 0) is 58.0 Å². The summed E-state index contributed by atoms with van der Waals surface area (Å²) in [7, 11) is 5.73. The summed E-state index contributed by atoms with van der Waals surface area (Å²) in [5.74, 6) is 1.73. The van der Waals surface area contributed by atoms with Gasteiger partial charge < -0.3 is 19.9 Å². The minimum Gasteiger partial charge on any atom is -0.493 e. The Morgan fingerprint density at radius 2 is 2.17 bits per heavy atom. The Morgan fingerprint density at radius 1 is 1.31 bits per heavy atom. The molecule has 0 fully saturated rings. The second-order valence-electron chi connectivity index (χ2n) is 9.15. The predicted octanol–water partition coefficient (Wildman–Crippen LogP) is 3.61. The lowest BCUT2D eigenvalue weighted by atomic mass is 9.87. The zero-order chi connectivity index (χ0) is 24.5. The Morgan fingerprint density at radius 3 is 2.94 bits per heavy atom. The van der Waals surface area contributed by atoms with Gasteiger partial charge in [-0.25, -0.2) is 14.5 Å². The number of carbonyl (C=O) groups is 1. The lowest BCUT2D eigenvalue weighted by molar-refractivity contribution is -0.135. The van der Waals surface area contributed by atoms with E-state index in [9.17, 15) is 4.79 Å². The van der Waals surface area contributed by atoms with Crippen LogP contribution >= 0.6 is 11.3 Å². The van der Waals surface area contributed by atoms with E-state index >= 15 is 0 Å². The third kappa shape index (κ3) is 4.55. The van der Waals surface area contributed by atoms with Gasteiger partial charge in [0.05, 0.1) is 29.9 Å². The number of aromatic nitrogens is 4.